The van der Waals surface area contributed by atoms with Gasteiger partial charge in [-0.15, -0.1) is 0 Å². The van der Waals surface area contributed by atoms with Crippen molar-refractivity contribution < 1.29 is 13.9 Å². The number of aryl methyl sites for hydroxylation is 1. The molecule has 0 fully saturated rings. The second-order valence-electron chi connectivity index (χ2n) is 4.51. The highest BCUT2D eigenvalue weighted by Crippen LogP contribution is 2.16. The van der Waals surface area contributed by atoms with E-state index in [1.807, 2.05) is 31.5 Å². The Morgan fingerprint density at radius 2 is 2.05 bits per heavy atom. The van der Waals surface area contributed by atoms with Crippen LogP contribution in [0.25, 0.3) is 0 Å². The highest BCUT2D eigenvalue weighted by molar-refractivity contribution is 5.98. The Bertz CT molecular complexity index is 617. The third-order valence-corrected chi connectivity index (χ3v) is 3.24. The van der Waals surface area contributed by atoms with Crippen molar-refractivity contribution in [2.24, 2.45) is 7.05 Å². The summed E-state index contributed by atoms with van der Waals surface area (Å²) in [4.78, 5) is 12.1. The second-order valence-corrected chi connectivity index (χ2v) is 4.51. The summed E-state index contributed by atoms with van der Waals surface area (Å²) in [5.41, 5.74) is 2.58. The van der Waals surface area contributed by atoms with Crippen LogP contribution < -0.4 is 4.74 Å². The number of halogens is 1. The second kappa shape index (κ2) is 5.26. The maximum Gasteiger partial charge on any atom is 0.202 e. The Labute approximate surface area is 111 Å². The number of carbonyl (C=O) groups is 1. The van der Waals surface area contributed by atoms with Crippen molar-refractivity contribution in [3.8, 4) is 5.75 Å². The van der Waals surface area contributed by atoms with Gasteiger partial charge in [0.15, 0.2) is 6.61 Å². The molecule has 0 saturated heterocycles. The Hall–Kier alpha value is -2.10. The first-order valence-corrected chi connectivity index (χ1v) is 6.03. The number of nitrogens with zero attached hydrogens (tertiary/aromatic N) is 1. The lowest BCUT2D eigenvalue weighted by Gasteiger charge is -2.05. The van der Waals surface area contributed by atoms with Gasteiger partial charge in [0.2, 0.25) is 5.78 Å². The number of ether oxygens (including phenoxy) is 1. The number of benzene rings is 1. The number of Topliss-reactive ketones (excluding diaryl/α,β-unsaturated/α-hetero) is 1. The van der Waals surface area contributed by atoms with Crippen molar-refractivity contribution in [2.75, 3.05) is 6.61 Å². The fourth-order valence-corrected chi connectivity index (χ4v) is 1.92. The van der Waals surface area contributed by atoms with Crippen molar-refractivity contribution in [1.82, 2.24) is 4.57 Å². The third kappa shape index (κ3) is 2.84. The van der Waals surface area contributed by atoms with Gasteiger partial charge >= 0.3 is 0 Å². The molecule has 1 heterocycles. The fraction of sp³-hybridized carbons (Fsp3) is 0.267. The summed E-state index contributed by atoms with van der Waals surface area (Å²) in [5.74, 6) is -0.124. The summed E-state index contributed by atoms with van der Waals surface area (Å²) in [6, 6.07) is 7.61. The van der Waals surface area contributed by atoms with E-state index in [9.17, 15) is 9.18 Å². The molecule has 0 radical (unpaired) electrons. The van der Waals surface area contributed by atoms with Crippen molar-refractivity contribution in [1.29, 1.82) is 0 Å². The van der Waals surface area contributed by atoms with E-state index >= 15 is 0 Å². The maximum absolute atomic E-state index is 13.0. The van der Waals surface area contributed by atoms with Gasteiger partial charge in [-0.3, -0.25) is 4.79 Å². The maximum atomic E-state index is 13.0. The van der Waals surface area contributed by atoms with Gasteiger partial charge in [-0.1, -0.05) is 6.07 Å². The molecule has 100 valence electrons. The normalized spacial score (nSPS) is 10.5. The molecule has 0 unspecified atom stereocenters. The lowest BCUT2D eigenvalue weighted by Crippen LogP contribution is -2.12. The molecule has 19 heavy (non-hydrogen) atoms. The standard InChI is InChI=1S/C15H16FNO2/c1-10-7-14(11(2)17(10)3)15(18)9-19-13-6-4-5-12(16)8-13/h4-8H,9H2,1-3H3. The van der Waals surface area contributed by atoms with E-state index in [0.717, 1.165) is 11.4 Å². The summed E-state index contributed by atoms with van der Waals surface area (Å²) >= 11 is 0. The van der Waals surface area contributed by atoms with Crippen LogP contribution in [0.15, 0.2) is 30.3 Å². The van der Waals surface area contributed by atoms with Gasteiger partial charge in [-0.05, 0) is 32.0 Å². The van der Waals surface area contributed by atoms with E-state index < -0.39 is 0 Å². The monoisotopic (exact) mass is 261 g/mol. The molecule has 0 N–H and O–H groups in total. The summed E-state index contributed by atoms with van der Waals surface area (Å²) in [6.45, 7) is 3.74. The molecule has 3 nitrogen and oxygen atoms in total. The molecule has 2 rings (SSSR count). The van der Waals surface area contributed by atoms with Crippen LogP contribution in [0, 0.1) is 19.7 Å². The average molecular weight is 261 g/mol. The van der Waals surface area contributed by atoms with Crippen LogP contribution in [-0.4, -0.2) is 17.0 Å². The van der Waals surface area contributed by atoms with Gasteiger partial charge in [0.25, 0.3) is 0 Å². The predicted octanol–water partition coefficient (Wildman–Crippen LogP) is 3.04. The largest absolute Gasteiger partial charge is 0.485 e. The van der Waals surface area contributed by atoms with Crippen LogP contribution in [0.1, 0.15) is 21.7 Å². The Morgan fingerprint density at radius 1 is 1.32 bits per heavy atom. The Balaban J connectivity index is 2.07. The SMILES string of the molecule is Cc1cc(C(=O)COc2cccc(F)c2)c(C)n1C. The van der Waals surface area contributed by atoms with Gasteiger partial charge in [-0.2, -0.15) is 0 Å². The third-order valence-electron chi connectivity index (χ3n) is 3.24. The van der Waals surface area contributed by atoms with Gasteiger partial charge < -0.3 is 9.30 Å². The topological polar surface area (TPSA) is 31.2 Å². The van der Waals surface area contributed by atoms with E-state index in [-0.39, 0.29) is 18.2 Å². The number of hydrogen-bond donors (Lipinski definition) is 0. The van der Waals surface area contributed by atoms with Crippen molar-refractivity contribution in [3.05, 3.63) is 53.1 Å². The molecule has 2 aromatic rings. The first kappa shape index (κ1) is 13.3. The van der Waals surface area contributed by atoms with E-state index in [0.29, 0.717) is 11.3 Å². The molecule has 0 aliphatic carbocycles. The minimum atomic E-state index is -0.378. The zero-order chi connectivity index (χ0) is 14.0. The van der Waals surface area contributed by atoms with Crippen LogP contribution in [0.5, 0.6) is 5.75 Å². The number of ketones is 1. The minimum Gasteiger partial charge on any atom is -0.485 e. The summed E-state index contributed by atoms with van der Waals surface area (Å²) < 4.78 is 20.2. The van der Waals surface area contributed by atoms with Crippen molar-refractivity contribution in [3.63, 3.8) is 0 Å². The zero-order valence-electron chi connectivity index (χ0n) is 11.2. The smallest absolute Gasteiger partial charge is 0.202 e. The van der Waals surface area contributed by atoms with Crippen LogP contribution in [-0.2, 0) is 7.05 Å². The summed E-state index contributed by atoms with van der Waals surface area (Å²) in [6.07, 6.45) is 0. The molecule has 1 aromatic carbocycles. The highest BCUT2D eigenvalue weighted by atomic mass is 19.1. The highest BCUT2D eigenvalue weighted by Gasteiger charge is 2.14. The number of rotatable bonds is 4. The van der Waals surface area contributed by atoms with Gasteiger partial charge in [0.05, 0.1) is 0 Å². The molecular weight excluding hydrogens is 245 g/mol. The zero-order valence-corrected chi connectivity index (χ0v) is 11.2. The Kier molecular flexibility index (Phi) is 3.69. The van der Waals surface area contributed by atoms with Crippen molar-refractivity contribution in [2.45, 2.75) is 13.8 Å². The lowest BCUT2D eigenvalue weighted by molar-refractivity contribution is 0.0920. The van der Waals surface area contributed by atoms with E-state index in [4.69, 9.17) is 4.74 Å². The van der Waals surface area contributed by atoms with Gasteiger partial charge in [0.1, 0.15) is 11.6 Å². The fourth-order valence-electron chi connectivity index (χ4n) is 1.92. The summed E-state index contributed by atoms with van der Waals surface area (Å²) in [5, 5.41) is 0. The molecule has 0 saturated carbocycles. The lowest BCUT2D eigenvalue weighted by atomic mass is 10.1. The van der Waals surface area contributed by atoms with Gasteiger partial charge in [0, 0.05) is 30.1 Å². The first-order valence-electron chi connectivity index (χ1n) is 6.03. The number of carbonyl (C=O) groups excluding carboxylic acids is 1. The van der Waals surface area contributed by atoms with Crippen LogP contribution in [0.4, 0.5) is 4.39 Å². The predicted molar refractivity (Wildman–Crippen MR) is 71.1 cm³/mol. The number of hydrogen-bond acceptors (Lipinski definition) is 2. The summed E-state index contributed by atoms with van der Waals surface area (Å²) in [7, 11) is 1.91. The molecule has 0 atom stereocenters. The van der Waals surface area contributed by atoms with Crippen LogP contribution in [0.3, 0.4) is 0 Å². The van der Waals surface area contributed by atoms with Gasteiger partial charge in [-0.25, -0.2) is 4.39 Å². The van der Waals surface area contributed by atoms with E-state index in [2.05, 4.69) is 0 Å². The molecular formula is C15H16FNO2. The van der Waals surface area contributed by atoms with E-state index in [1.165, 1.54) is 12.1 Å². The van der Waals surface area contributed by atoms with Crippen molar-refractivity contribution >= 4 is 5.78 Å². The molecule has 0 aliphatic heterocycles. The number of aromatic nitrogens is 1. The molecule has 0 bridgehead atoms. The average Bonchev–Trinajstić information content (AvgIpc) is 2.64. The minimum absolute atomic E-state index is 0.0895. The molecule has 1 aromatic heterocycles. The Morgan fingerprint density at radius 3 is 2.63 bits per heavy atom. The first-order chi connectivity index (χ1) is 8.99. The quantitative estimate of drug-likeness (QED) is 0.792. The molecule has 0 spiro atoms. The van der Waals surface area contributed by atoms with Crippen LogP contribution in [0.2, 0.25) is 0 Å². The van der Waals surface area contributed by atoms with E-state index in [1.54, 1.807) is 12.1 Å². The molecule has 0 amide bonds. The molecule has 0 aliphatic rings. The van der Waals surface area contributed by atoms with Crippen LogP contribution >= 0.6 is 0 Å². The molecule has 4 heteroatoms.